The summed E-state index contributed by atoms with van der Waals surface area (Å²) in [6.07, 6.45) is 1.59. The van der Waals surface area contributed by atoms with E-state index in [9.17, 15) is 4.79 Å². The van der Waals surface area contributed by atoms with Crippen LogP contribution in [0.5, 0.6) is 11.5 Å². The summed E-state index contributed by atoms with van der Waals surface area (Å²) in [5.74, 6) is 1.21. The summed E-state index contributed by atoms with van der Waals surface area (Å²) >= 11 is 1.49. The van der Waals surface area contributed by atoms with E-state index in [2.05, 4.69) is 10.5 Å². The lowest BCUT2D eigenvalue weighted by Gasteiger charge is -2.11. The Labute approximate surface area is 158 Å². The maximum Gasteiger partial charge on any atom is 0.253 e. The van der Waals surface area contributed by atoms with Crippen LogP contribution in [0.15, 0.2) is 58.5 Å². The van der Waals surface area contributed by atoms with Crippen LogP contribution in [-0.4, -0.2) is 30.6 Å². The fourth-order valence-corrected chi connectivity index (χ4v) is 3.05. The van der Waals surface area contributed by atoms with Crippen molar-refractivity contribution in [2.45, 2.75) is 30.9 Å². The van der Waals surface area contributed by atoms with Crippen LogP contribution in [0.2, 0.25) is 0 Å². The Morgan fingerprint density at radius 2 is 1.81 bits per heavy atom. The number of carbonyl (C=O) groups excluding carboxylic acids is 1. The molecule has 0 bridgehead atoms. The SMILES string of the molecule is CCOc1ccc(/C=N\NC(=O)[C@@H](C)Sc2ccccc2)cc1OCC. The fourth-order valence-electron chi connectivity index (χ4n) is 2.17. The first-order valence-corrected chi connectivity index (χ1v) is 9.46. The molecule has 5 nitrogen and oxygen atoms in total. The second-order valence-corrected chi connectivity index (χ2v) is 6.79. The van der Waals surface area contributed by atoms with Crippen molar-refractivity contribution < 1.29 is 14.3 Å². The van der Waals surface area contributed by atoms with Gasteiger partial charge in [-0.15, -0.1) is 11.8 Å². The molecule has 0 heterocycles. The fraction of sp³-hybridized carbons (Fsp3) is 0.300. The summed E-state index contributed by atoms with van der Waals surface area (Å²) in [7, 11) is 0. The Balaban J connectivity index is 1.94. The molecule has 0 aliphatic heterocycles. The first-order chi connectivity index (χ1) is 12.6. The van der Waals surface area contributed by atoms with Crippen molar-refractivity contribution in [2.24, 2.45) is 5.10 Å². The molecule has 2 aromatic rings. The topological polar surface area (TPSA) is 59.9 Å². The van der Waals surface area contributed by atoms with Crippen LogP contribution in [0, 0.1) is 0 Å². The summed E-state index contributed by atoms with van der Waals surface area (Å²) in [6.45, 7) is 6.82. The molecular formula is C20H24N2O3S. The summed E-state index contributed by atoms with van der Waals surface area (Å²) in [6, 6.07) is 15.4. The highest BCUT2D eigenvalue weighted by Gasteiger charge is 2.13. The van der Waals surface area contributed by atoms with Crippen molar-refractivity contribution in [3.8, 4) is 11.5 Å². The average Bonchev–Trinajstić information content (AvgIpc) is 2.65. The van der Waals surface area contributed by atoms with Gasteiger partial charge in [0, 0.05) is 4.90 Å². The number of nitrogens with zero attached hydrogens (tertiary/aromatic N) is 1. The quantitative estimate of drug-likeness (QED) is 0.409. The summed E-state index contributed by atoms with van der Waals surface area (Å²) in [5.41, 5.74) is 3.40. The first-order valence-electron chi connectivity index (χ1n) is 8.58. The second kappa shape index (κ2) is 10.5. The van der Waals surface area contributed by atoms with Crippen LogP contribution in [-0.2, 0) is 4.79 Å². The Kier molecular flexibility index (Phi) is 8.02. The molecule has 2 rings (SSSR count). The van der Waals surface area contributed by atoms with Crippen LogP contribution in [0.25, 0.3) is 0 Å². The standard InChI is InChI=1S/C20H24N2O3S/c1-4-24-18-12-11-16(13-19(18)25-5-2)14-21-22-20(23)15(3)26-17-9-7-6-8-10-17/h6-15H,4-5H2,1-3H3,(H,22,23)/b21-14-/t15-/m1/s1. The van der Waals surface area contributed by atoms with E-state index in [4.69, 9.17) is 9.47 Å². The van der Waals surface area contributed by atoms with Gasteiger partial charge in [-0.25, -0.2) is 5.43 Å². The van der Waals surface area contributed by atoms with Gasteiger partial charge in [0.1, 0.15) is 0 Å². The molecule has 1 atom stereocenters. The number of thioether (sulfide) groups is 1. The highest BCUT2D eigenvalue weighted by atomic mass is 32.2. The molecule has 2 aromatic carbocycles. The third-order valence-electron chi connectivity index (χ3n) is 3.38. The number of benzene rings is 2. The normalized spacial score (nSPS) is 12.0. The molecule has 0 saturated heterocycles. The average molecular weight is 372 g/mol. The zero-order chi connectivity index (χ0) is 18.8. The minimum absolute atomic E-state index is 0.147. The van der Waals surface area contributed by atoms with E-state index < -0.39 is 0 Å². The molecule has 0 aliphatic rings. The van der Waals surface area contributed by atoms with Crippen LogP contribution >= 0.6 is 11.8 Å². The number of hydrogen-bond acceptors (Lipinski definition) is 5. The number of nitrogens with one attached hydrogen (secondary N) is 1. The molecule has 0 aliphatic carbocycles. The lowest BCUT2D eigenvalue weighted by Crippen LogP contribution is -2.26. The van der Waals surface area contributed by atoms with Gasteiger partial charge in [0.05, 0.1) is 24.7 Å². The molecule has 0 fully saturated rings. The van der Waals surface area contributed by atoms with Gasteiger partial charge in [-0.3, -0.25) is 4.79 Å². The van der Waals surface area contributed by atoms with E-state index >= 15 is 0 Å². The summed E-state index contributed by atoms with van der Waals surface area (Å²) in [5, 5.41) is 3.81. The molecule has 138 valence electrons. The van der Waals surface area contributed by atoms with E-state index in [1.807, 2.05) is 69.3 Å². The van der Waals surface area contributed by atoms with Gasteiger partial charge >= 0.3 is 0 Å². The van der Waals surface area contributed by atoms with Crippen LogP contribution < -0.4 is 14.9 Å². The lowest BCUT2D eigenvalue weighted by atomic mass is 10.2. The zero-order valence-corrected chi connectivity index (χ0v) is 16.1. The number of amides is 1. The first kappa shape index (κ1) is 19.8. The zero-order valence-electron chi connectivity index (χ0n) is 15.3. The molecule has 1 N–H and O–H groups in total. The summed E-state index contributed by atoms with van der Waals surface area (Å²) in [4.78, 5) is 13.2. The van der Waals surface area contributed by atoms with Crippen molar-refractivity contribution in [3.63, 3.8) is 0 Å². The van der Waals surface area contributed by atoms with Crippen molar-refractivity contribution in [2.75, 3.05) is 13.2 Å². The van der Waals surface area contributed by atoms with Gasteiger partial charge in [-0.05, 0) is 56.7 Å². The Morgan fingerprint density at radius 3 is 2.50 bits per heavy atom. The third-order valence-corrected chi connectivity index (χ3v) is 4.49. The van der Waals surface area contributed by atoms with E-state index in [1.54, 1.807) is 6.21 Å². The summed E-state index contributed by atoms with van der Waals surface area (Å²) < 4.78 is 11.1. The van der Waals surface area contributed by atoms with Crippen molar-refractivity contribution in [3.05, 3.63) is 54.1 Å². The van der Waals surface area contributed by atoms with Gasteiger partial charge in [0.15, 0.2) is 11.5 Å². The molecule has 26 heavy (non-hydrogen) atoms. The van der Waals surface area contributed by atoms with Crippen LogP contribution in [0.1, 0.15) is 26.3 Å². The van der Waals surface area contributed by atoms with E-state index in [0.29, 0.717) is 24.7 Å². The largest absolute Gasteiger partial charge is 0.490 e. The molecular weight excluding hydrogens is 348 g/mol. The smallest absolute Gasteiger partial charge is 0.253 e. The van der Waals surface area contributed by atoms with E-state index in [0.717, 1.165) is 10.5 Å². The number of ether oxygens (including phenoxy) is 2. The molecule has 0 unspecified atom stereocenters. The van der Waals surface area contributed by atoms with Crippen molar-refractivity contribution in [1.29, 1.82) is 0 Å². The number of carbonyl (C=O) groups is 1. The molecule has 0 aromatic heterocycles. The highest BCUT2D eigenvalue weighted by molar-refractivity contribution is 8.00. The van der Waals surface area contributed by atoms with Crippen molar-refractivity contribution in [1.82, 2.24) is 5.43 Å². The van der Waals surface area contributed by atoms with Gasteiger partial charge in [-0.1, -0.05) is 18.2 Å². The number of hydrogen-bond donors (Lipinski definition) is 1. The predicted molar refractivity (Wildman–Crippen MR) is 106 cm³/mol. The number of rotatable bonds is 9. The molecule has 0 saturated carbocycles. The van der Waals surface area contributed by atoms with Gasteiger partial charge in [0.2, 0.25) is 0 Å². The maximum atomic E-state index is 12.2. The molecule has 6 heteroatoms. The van der Waals surface area contributed by atoms with E-state index in [-0.39, 0.29) is 11.2 Å². The lowest BCUT2D eigenvalue weighted by molar-refractivity contribution is -0.120. The monoisotopic (exact) mass is 372 g/mol. The second-order valence-electron chi connectivity index (χ2n) is 5.38. The third kappa shape index (κ3) is 6.11. The Morgan fingerprint density at radius 1 is 1.12 bits per heavy atom. The number of hydrazone groups is 1. The minimum atomic E-state index is -0.242. The van der Waals surface area contributed by atoms with Gasteiger partial charge in [-0.2, -0.15) is 5.10 Å². The molecule has 1 amide bonds. The molecule has 0 spiro atoms. The van der Waals surface area contributed by atoms with Crippen LogP contribution in [0.3, 0.4) is 0 Å². The Bertz CT molecular complexity index is 735. The van der Waals surface area contributed by atoms with Crippen LogP contribution in [0.4, 0.5) is 0 Å². The van der Waals surface area contributed by atoms with Gasteiger partial charge in [0.25, 0.3) is 5.91 Å². The van der Waals surface area contributed by atoms with Crippen molar-refractivity contribution >= 4 is 23.9 Å². The minimum Gasteiger partial charge on any atom is -0.490 e. The maximum absolute atomic E-state index is 12.2. The Hall–Kier alpha value is -2.47. The van der Waals surface area contributed by atoms with Gasteiger partial charge < -0.3 is 9.47 Å². The molecule has 0 radical (unpaired) electrons. The predicted octanol–water partition coefficient (Wildman–Crippen LogP) is 4.11. The van der Waals surface area contributed by atoms with E-state index in [1.165, 1.54) is 11.8 Å². The highest BCUT2D eigenvalue weighted by Crippen LogP contribution is 2.28.